The van der Waals surface area contributed by atoms with Gasteiger partial charge < -0.3 is 5.32 Å². The van der Waals surface area contributed by atoms with Gasteiger partial charge in [0.15, 0.2) is 0 Å². The first kappa shape index (κ1) is 19.5. The molecule has 1 N–H and O–H groups in total. The van der Waals surface area contributed by atoms with Crippen molar-refractivity contribution in [3.8, 4) is 0 Å². The van der Waals surface area contributed by atoms with E-state index in [9.17, 15) is 4.79 Å². The molecule has 2 rings (SSSR count). The Labute approximate surface area is 133 Å². The minimum atomic E-state index is -0.110. The highest BCUT2D eigenvalue weighted by Gasteiger charge is 2.01. The average Bonchev–Trinajstić information content (AvgIpc) is 2.64. The summed E-state index contributed by atoms with van der Waals surface area (Å²) in [6, 6.07) is 16.5. The molecule has 4 heteroatoms. The quantitative estimate of drug-likeness (QED) is 0.746. The van der Waals surface area contributed by atoms with Crippen molar-refractivity contribution in [3.05, 3.63) is 60.2 Å². The Balaban J connectivity index is 0.00000102. The molecule has 1 amide bonds. The maximum atomic E-state index is 11.3. The van der Waals surface area contributed by atoms with E-state index in [4.69, 9.17) is 0 Å². The Morgan fingerprint density at radius 1 is 0.773 bits per heavy atom. The number of hydrogen-bond acceptors (Lipinski definition) is 3. The largest absolute Gasteiger partial charge is 0.355 e. The molecule has 0 fully saturated rings. The number of azo groups is 1. The van der Waals surface area contributed by atoms with Gasteiger partial charge in [-0.1, -0.05) is 45.9 Å². The van der Waals surface area contributed by atoms with E-state index in [1.54, 1.807) is 31.3 Å². The molecule has 0 bridgehead atoms. The molecule has 2 aromatic rings. The van der Waals surface area contributed by atoms with E-state index in [0.29, 0.717) is 11.3 Å². The molecular formula is C18H25N3O. The van der Waals surface area contributed by atoms with Gasteiger partial charge in [0.25, 0.3) is 5.91 Å². The van der Waals surface area contributed by atoms with Crippen LogP contribution in [0.3, 0.4) is 0 Å². The van der Waals surface area contributed by atoms with E-state index in [1.165, 1.54) is 0 Å². The summed E-state index contributed by atoms with van der Waals surface area (Å²) in [4.78, 5) is 11.3. The van der Waals surface area contributed by atoms with Crippen LogP contribution in [-0.4, -0.2) is 13.0 Å². The third-order valence-corrected chi connectivity index (χ3v) is 2.39. The van der Waals surface area contributed by atoms with Crippen molar-refractivity contribution in [2.75, 3.05) is 7.05 Å². The predicted octanol–water partition coefficient (Wildman–Crippen LogP) is 5.51. The lowest BCUT2D eigenvalue weighted by atomic mass is 10.2. The second kappa shape index (κ2) is 12.3. The van der Waals surface area contributed by atoms with Gasteiger partial charge >= 0.3 is 0 Å². The molecule has 0 unspecified atom stereocenters. The number of carbonyl (C=O) groups excluding carboxylic acids is 1. The fourth-order valence-corrected chi connectivity index (χ4v) is 1.43. The van der Waals surface area contributed by atoms with Gasteiger partial charge in [0.2, 0.25) is 0 Å². The highest BCUT2D eigenvalue weighted by molar-refractivity contribution is 5.94. The maximum absolute atomic E-state index is 11.3. The fourth-order valence-electron chi connectivity index (χ4n) is 1.43. The molecule has 0 aliphatic carbocycles. The zero-order valence-electron chi connectivity index (χ0n) is 14.0. The minimum Gasteiger partial charge on any atom is -0.355 e. The summed E-state index contributed by atoms with van der Waals surface area (Å²) in [6.45, 7) is 8.00. The van der Waals surface area contributed by atoms with Gasteiger partial charge in [0, 0.05) is 12.6 Å². The molecule has 2 aromatic carbocycles. The van der Waals surface area contributed by atoms with Crippen molar-refractivity contribution in [1.82, 2.24) is 5.32 Å². The van der Waals surface area contributed by atoms with Crippen LogP contribution in [0.5, 0.6) is 0 Å². The molecule has 0 radical (unpaired) electrons. The standard InChI is InChI=1S/C14H13N3O.2C2H6/c1-15-14(18)11-7-9-13(10-8-11)17-16-12-5-3-2-4-6-12;2*1-2/h2-10H,1H3,(H,15,18);2*1-2H3. The minimum absolute atomic E-state index is 0.110. The summed E-state index contributed by atoms with van der Waals surface area (Å²) in [5.41, 5.74) is 2.12. The Bertz CT molecular complexity index is 548. The summed E-state index contributed by atoms with van der Waals surface area (Å²) < 4.78 is 0. The van der Waals surface area contributed by atoms with E-state index >= 15 is 0 Å². The van der Waals surface area contributed by atoms with Gasteiger partial charge in [-0.15, -0.1) is 0 Å². The normalized spacial score (nSPS) is 9.14. The van der Waals surface area contributed by atoms with Gasteiger partial charge in [-0.3, -0.25) is 4.79 Å². The highest BCUT2D eigenvalue weighted by Crippen LogP contribution is 2.18. The van der Waals surface area contributed by atoms with Gasteiger partial charge in [-0.25, -0.2) is 0 Å². The molecule has 0 aliphatic rings. The molecule has 0 aromatic heterocycles. The van der Waals surface area contributed by atoms with Gasteiger partial charge in [-0.2, -0.15) is 10.2 Å². The van der Waals surface area contributed by atoms with Crippen molar-refractivity contribution in [2.45, 2.75) is 27.7 Å². The number of nitrogens with zero attached hydrogens (tertiary/aromatic N) is 2. The molecule has 4 nitrogen and oxygen atoms in total. The van der Waals surface area contributed by atoms with Crippen LogP contribution in [0, 0.1) is 0 Å². The van der Waals surface area contributed by atoms with Crippen LogP contribution in [0.2, 0.25) is 0 Å². The first-order chi connectivity index (χ1) is 10.8. The molecule has 0 saturated heterocycles. The molecule has 0 aliphatic heterocycles. The monoisotopic (exact) mass is 299 g/mol. The Morgan fingerprint density at radius 2 is 1.23 bits per heavy atom. The summed E-state index contributed by atoms with van der Waals surface area (Å²) in [7, 11) is 1.60. The summed E-state index contributed by atoms with van der Waals surface area (Å²) in [5.74, 6) is -0.110. The zero-order chi connectivity index (χ0) is 16.8. The van der Waals surface area contributed by atoms with Crippen LogP contribution >= 0.6 is 0 Å². The first-order valence-electron chi connectivity index (χ1n) is 7.58. The number of hydrogen-bond donors (Lipinski definition) is 1. The van der Waals surface area contributed by atoms with Crippen LogP contribution in [0.1, 0.15) is 38.1 Å². The smallest absolute Gasteiger partial charge is 0.251 e. The van der Waals surface area contributed by atoms with Crippen LogP contribution in [0.25, 0.3) is 0 Å². The van der Waals surface area contributed by atoms with Gasteiger partial charge in [0.1, 0.15) is 0 Å². The topological polar surface area (TPSA) is 53.8 Å². The Kier molecular flexibility index (Phi) is 10.9. The number of carbonyl (C=O) groups is 1. The third kappa shape index (κ3) is 6.79. The number of nitrogens with one attached hydrogen (secondary N) is 1. The molecule has 0 heterocycles. The van der Waals surface area contributed by atoms with Crippen molar-refractivity contribution in [1.29, 1.82) is 0 Å². The zero-order valence-corrected chi connectivity index (χ0v) is 14.0. The SMILES string of the molecule is CC.CC.CNC(=O)c1ccc(N=Nc2ccccc2)cc1. The Hall–Kier alpha value is -2.49. The van der Waals surface area contributed by atoms with Gasteiger partial charge in [0.05, 0.1) is 11.4 Å². The van der Waals surface area contributed by atoms with Crippen molar-refractivity contribution in [2.24, 2.45) is 10.2 Å². The highest BCUT2D eigenvalue weighted by atomic mass is 16.1. The lowest BCUT2D eigenvalue weighted by molar-refractivity contribution is 0.0963. The molecule has 0 spiro atoms. The van der Waals surface area contributed by atoms with Crippen LogP contribution in [0.15, 0.2) is 64.8 Å². The summed E-state index contributed by atoms with van der Waals surface area (Å²) in [6.07, 6.45) is 0. The van der Waals surface area contributed by atoms with Gasteiger partial charge in [-0.05, 0) is 36.4 Å². The predicted molar refractivity (Wildman–Crippen MR) is 93.1 cm³/mol. The maximum Gasteiger partial charge on any atom is 0.251 e. The van der Waals surface area contributed by atoms with Crippen LogP contribution in [-0.2, 0) is 0 Å². The second-order valence-electron chi connectivity index (χ2n) is 3.66. The number of rotatable bonds is 3. The Morgan fingerprint density at radius 3 is 1.68 bits per heavy atom. The van der Waals surface area contributed by atoms with Crippen molar-refractivity contribution >= 4 is 17.3 Å². The van der Waals surface area contributed by atoms with Crippen molar-refractivity contribution in [3.63, 3.8) is 0 Å². The first-order valence-corrected chi connectivity index (χ1v) is 7.58. The number of amides is 1. The van der Waals surface area contributed by atoms with Crippen molar-refractivity contribution < 1.29 is 4.79 Å². The summed E-state index contributed by atoms with van der Waals surface area (Å²) in [5, 5.41) is 10.8. The van der Waals surface area contributed by atoms with Crippen LogP contribution in [0.4, 0.5) is 11.4 Å². The van der Waals surface area contributed by atoms with E-state index in [-0.39, 0.29) is 5.91 Å². The second-order valence-corrected chi connectivity index (χ2v) is 3.66. The van der Waals surface area contributed by atoms with E-state index in [1.807, 2.05) is 58.0 Å². The average molecular weight is 299 g/mol. The molecule has 118 valence electrons. The lowest BCUT2D eigenvalue weighted by Crippen LogP contribution is -2.17. The van der Waals surface area contributed by atoms with E-state index < -0.39 is 0 Å². The van der Waals surface area contributed by atoms with E-state index in [0.717, 1.165) is 5.69 Å². The van der Waals surface area contributed by atoms with E-state index in [2.05, 4.69) is 15.5 Å². The van der Waals surface area contributed by atoms with Crippen LogP contribution < -0.4 is 5.32 Å². The fraction of sp³-hybridized carbons (Fsp3) is 0.278. The lowest BCUT2D eigenvalue weighted by Gasteiger charge is -1.99. The third-order valence-electron chi connectivity index (χ3n) is 2.39. The summed E-state index contributed by atoms with van der Waals surface area (Å²) >= 11 is 0. The molecule has 0 saturated carbocycles. The molecular weight excluding hydrogens is 274 g/mol. The molecule has 22 heavy (non-hydrogen) atoms. The molecule has 0 atom stereocenters. The number of benzene rings is 2.